The fourth-order valence-electron chi connectivity index (χ4n) is 2.41. The van der Waals surface area contributed by atoms with Crippen LogP contribution in [0.2, 0.25) is 0 Å². The third-order valence-corrected chi connectivity index (χ3v) is 3.35. The number of aromatic amines is 3. The zero-order valence-corrected chi connectivity index (χ0v) is 9.84. The van der Waals surface area contributed by atoms with Crippen molar-refractivity contribution >= 4 is 11.0 Å². The van der Waals surface area contributed by atoms with E-state index in [9.17, 15) is 14.7 Å². The molecule has 3 rings (SSSR count). The van der Waals surface area contributed by atoms with Crippen LogP contribution in [0.3, 0.4) is 0 Å². The Morgan fingerprint density at radius 2 is 2.11 bits per heavy atom. The first kappa shape index (κ1) is 12.2. The van der Waals surface area contributed by atoms with Crippen molar-refractivity contribution in [1.29, 1.82) is 0 Å². The van der Waals surface area contributed by atoms with Crippen LogP contribution in [0.1, 0.15) is 18.1 Å². The Morgan fingerprint density at radius 1 is 1.32 bits per heavy atom. The predicted molar refractivity (Wildman–Crippen MR) is 64.9 cm³/mol. The summed E-state index contributed by atoms with van der Waals surface area (Å²) in [6, 6.07) is 0. The van der Waals surface area contributed by atoms with E-state index in [-0.39, 0.29) is 12.1 Å². The predicted octanol–water partition coefficient (Wildman–Crippen LogP) is -1.27. The Kier molecular flexibility index (Phi) is 2.77. The number of fused-ring (bicyclic) bond motifs is 1. The van der Waals surface area contributed by atoms with Crippen LogP contribution < -0.4 is 11.2 Å². The van der Waals surface area contributed by atoms with Crippen molar-refractivity contribution in [2.45, 2.75) is 24.7 Å². The molecule has 19 heavy (non-hydrogen) atoms. The van der Waals surface area contributed by atoms with E-state index < -0.39 is 29.6 Å². The van der Waals surface area contributed by atoms with Gasteiger partial charge in [-0.25, -0.2) is 4.79 Å². The second kappa shape index (κ2) is 4.34. The van der Waals surface area contributed by atoms with Gasteiger partial charge >= 0.3 is 5.69 Å². The molecule has 1 aliphatic rings. The maximum atomic E-state index is 11.6. The van der Waals surface area contributed by atoms with Gasteiger partial charge in [0.05, 0.1) is 24.3 Å². The third kappa shape index (κ3) is 1.89. The monoisotopic (exact) mass is 267 g/mol. The van der Waals surface area contributed by atoms with Gasteiger partial charge in [-0.05, 0) is 0 Å². The van der Waals surface area contributed by atoms with Gasteiger partial charge in [-0.15, -0.1) is 0 Å². The Bertz CT molecular complexity index is 715. The number of hydrogen-bond acceptors (Lipinski definition) is 5. The minimum absolute atomic E-state index is 0.250. The van der Waals surface area contributed by atoms with Crippen molar-refractivity contribution in [1.82, 2.24) is 15.0 Å². The normalized spacial score (nSPS) is 27.2. The molecule has 0 aliphatic carbocycles. The molecule has 2 aromatic rings. The lowest BCUT2D eigenvalue weighted by atomic mass is 10.1. The standard InChI is InChI=1S/C11H13N3O5/c15-3-7-5(16)1-6(19-7)4-2-12-9-8(4)13-11(18)14-10(9)17/h2,5-7,12,15-16H,1,3H2,(H2,13,14,17,18)/t5-,6+,7+/m0/s1. The Hall–Kier alpha value is -1.90. The van der Waals surface area contributed by atoms with Crippen molar-refractivity contribution in [2.24, 2.45) is 0 Å². The Labute approximate surface area is 106 Å². The van der Waals surface area contributed by atoms with Crippen LogP contribution in [-0.4, -0.2) is 44.0 Å². The molecule has 3 atom stereocenters. The van der Waals surface area contributed by atoms with Crippen molar-refractivity contribution in [3.05, 3.63) is 32.6 Å². The molecule has 1 saturated heterocycles. The summed E-state index contributed by atoms with van der Waals surface area (Å²) in [6.45, 7) is -0.281. The smallest absolute Gasteiger partial charge is 0.326 e. The fourth-order valence-corrected chi connectivity index (χ4v) is 2.41. The highest BCUT2D eigenvalue weighted by atomic mass is 16.5. The average molecular weight is 267 g/mol. The number of rotatable bonds is 2. The highest BCUT2D eigenvalue weighted by molar-refractivity contribution is 5.78. The average Bonchev–Trinajstić information content (AvgIpc) is 2.92. The van der Waals surface area contributed by atoms with Gasteiger partial charge in [-0.1, -0.05) is 0 Å². The molecule has 0 bridgehead atoms. The van der Waals surface area contributed by atoms with E-state index in [1.807, 2.05) is 0 Å². The molecule has 8 heteroatoms. The minimum atomic E-state index is -0.770. The number of ether oxygens (including phenoxy) is 1. The summed E-state index contributed by atoms with van der Waals surface area (Å²) in [5, 5.41) is 18.8. The minimum Gasteiger partial charge on any atom is -0.394 e. The van der Waals surface area contributed by atoms with E-state index in [1.54, 1.807) is 6.20 Å². The zero-order valence-electron chi connectivity index (χ0n) is 9.84. The first-order chi connectivity index (χ1) is 9.10. The lowest BCUT2D eigenvalue weighted by molar-refractivity contribution is -0.0222. The molecule has 0 saturated carbocycles. The van der Waals surface area contributed by atoms with Crippen LogP contribution >= 0.6 is 0 Å². The van der Waals surface area contributed by atoms with Crippen molar-refractivity contribution in [3.8, 4) is 0 Å². The second-order valence-corrected chi connectivity index (χ2v) is 4.55. The molecule has 102 valence electrons. The molecule has 0 radical (unpaired) electrons. The lowest BCUT2D eigenvalue weighted by Gasteiger charge is -2.11. The van der Waals surface area contributed by atoms with E-state index in [0.717, 1.165) is 0 Å². The number of aromatic nitrogens is 3. The molecule has 8 nitrogen and oxygen atoms in total. The van der Waals surface area contributed by atoms with E-state index >= 15 is 0 Å². The molecule has 1 aliphatic heterocycles. The fraction of sp³-hybridized carbons (Fsp3) is 0.455. The van der Waals surface area contributed by atoms with Crippen LogP contribution in [0.25, 0.3) is 11.0 Å². The summed E-state index contributed by atoms with van der Waals surface area (Å²) in [5.74, 6) is 0. The number of hydrogen-bond donors (Lipinski definition) is 5. The number of H-pyrrole nitrogens is 3. The highest BCUT2D eigenvalue weighted by Crippen LogP contribution is 2.35. The maximum absolute atomic E-state index is 11.6. The molecular weight excluding hydrogens is 254 g/mol. The van der Waals surface area contributed by atoms with Crippen LogP contribution in [0.4, 0.5) is 0 Å². The summed E-state index contributed by atoms with van der Waals surface area (Å²) < 4.78 is 5.50. The Morgan fingerprint density at radius 3 is 2.79 bits per heavy atom. The summed E-state index contributed by atoms with van der Waals surface area (Å²) >= 11 is 0. The first-order valence-corrected chi connectivity index (χ1v) is 5.88. The van der Waals surface area contributed by atoms with E-state index in [4.69, 9.17) is 9.84 Å². The first-order valence-electron chi connectivity index (χ1n) is 5.88. The topological polar surface area (TPSA) is 131 Å². The van der Waals surface area contributed by atoms with Gasteiger partial charge in [-0.2, -0.15) is 0 Å². The summed E-state index contributed by atoms with van der Waals surface area (Å²) in [6.07, 6.45) is -0.0318. The van der Waals surface area contributed by atoms with Crippen LogP contribution in [0.5, 0.6) is 0 Å². The number of aliphatic hydroxyl groups is 2. The molecule has 1 fully saturated rings. The van der Waals surface area contributed by atoms with Gasteiger partial charge in [-0.3, -0.25) is 9.78 Å². The molecule has 0 amide bonds. The van der Waals surface area contributed by atoms with Gasteiger partial charge in [0.1, 0.15) is 11.6 Å². The number of aliphatic hydroxyl groups excluding tert-OH is 2. The molecule has 0 aromatic carbocycles. The largest absolute Gasteiger partial charge is 0.394 e. The van der Waals surface area contributed by atoms with Gasteiger partial charge in [0, 0.05) is 18.2 Å². The van der Waals surface area contributed by atoms with Crippen LogP contribution in [-0.2, 0) is 4.74 Å². The quantitative estimate of drug-likeness (QED) is 0.463. The molecule has 2 aromatic heterocycles. The zero-order chi connectivity index (χ0) is 13.6. The van der Waals surface area contributed by atoms with Crippen LogP contribution in [0, 0.1) is 0 Å². The maximum Gasteiger partial charge on any atom is 0.326 e. The summed E-state index contributed by atoms with van der Waals surface area (Å²) in [4.78, 5) is 30.3. The van der Waals surface area contributed by atoms with E-state index in [1.165, 1.54) is 0 Å². The van der Waals surface area contributed by atoms with E-state index in [0.29, 0.717) is 17.5 Å². The van der Waals surface area contributed by atoms with Gasteiger partial charge in [0.2, 0.25) is 0 Å². The molecule has 0 unspecified atom stereocenters. The van der Waals surface area contributed by atoms with E-state index in [2.05, 4.69) is 15.0 Å². The summed E-state index contributed by atoms with van der Waals surface area (Å²) in [5.41, 5.74) is 0.0933. The molecular formula is C11H13N3O5. The van der Waals surface area contributed by atoms with Crippen LogP contribution in [0.15, 0.2) is 15.8 Å². The van der Waals surface area contributed by atoms with Crippen molar-refractivity contribution in [3.63, 3.8) is 0 Å². The molecule has 5 N–H and O–H groups in total. The summed E-state index contributed by atoms with van der Waals surface area (Å²) in [7, 11) is 0. The third-order valence-electron chi connectivity index (χ3n) is 3.35. The van der Waals surface area contributed by atoms with Crippen molar-refractivity contribution < 1.29 is 14.9 Å². The van der Waals surface area contributed by atoms with Gasteiger partial charge in [0.15, 0.2) is 0 Å². The van der Waals surface area contributed by atoms with Gasteiger partial charge < -0.3 is 24.9 Å². The lowest BCUT2D eigenvalue weighted by Crippen LogP contribution is -2.24. The van der Waals surface area contributed by atoms with Gasteiger partial charge in [0.25, 0.3) is 5.56 Å². The second-order valence-electron chi connectivity index (χ2n) is 4.55. The highest BCUT2D eigenvalue weighted by Gasteiger charge is 2.35. The Balaban J connectivity index is 2.07. The van der Waals surface area contributed by atoms with Crippen molar-refractivity contribution in [2.75, 3.05) is 6.61 Å². The number of nitrogens with one attached hydrogen (secondary N) is 3. The SMILES string of the molecule is O=c1[nH]c(=O)c2[nH]cc([C@H]3C[C@H](O)[C@@H](CO)O3)c2[nH]1. The molecule has 0 spiro atoms. The molecule has 3 heterocycles.